The molecule has 0 aliphatic carbocycles. The Morgan fingerprint density at radius 2 is 2.18 bits per heavy atom. The van der Waals surface area contributed by atoms with Gasteiger partial charge in [0.05, 0.1) is 7.11 Å². The van der Waals surface area contributed by atoms with Crippen LogP contribution in [0.5, 0.6) is 11.5 Å². The van der Waals surface area contributed by atoms with Gasteiger partial charge in [-0.25, -0.2) is 14.8 Å². The van der Waals surface area contributed by atoms with Crippen LogP contribution in [-0.2, 0) is 20.5 Å². The summed E-state index contributed by atoms with van der Waals surface area (Å²) in [5.41, 5.74) is 1.33. The smallest absolute Gasteiger partial charge is 0.504 e. The molecule has 0 aliphatic rings. The number of ether oxygens (including phenoxy) is 1. The minimum absolute atomic E-state index is 0.0105. The quantitative estimate of drug-likeness (QED) is 0.152. The van der Waals surface area contributed by atoms with Crippen LogP contribution in [0.25, 0.3) is 0 Å². The van der Waals surface area contributed by atoms with Gasteiger partial charge in [-0.15, -0.1) is 6.58 Å². The van der Waals surface area contributed by atoms with Crippen LogP contribution in [0.2, 0.25) is 0 Å². The van der Waals surface area contributed by atoms with Crippen molar-refractivity contribution in [2.45, 2.75) is 12.0 Å². The Kier molecular flexibility index (Phi) is 5.70. The number of nitrogens with one attached hydrogen (secondary N) is 1. The summed E-state index contributed by atoms with van der Waals surface area (Å²) < 4.78 is 19.7. The molecule has 0 bridgehead atoms. The number of esters is 1. The highest BCUT2D eigenvalue weighted by molar-refractivity contribution is 7.46. The van der Waals surface area contributed by atoms with E-state index in [1.807, 2.05) is 0 Å². The second kappa shape index (κ2) is 6.91. The first kappa shape index (κ1) is 18.1. The summed E-state index contributed by atoms with van der Waals surface area (Å²) in [7, 11) is -3.60. The third kappa shape index (κ3) is 4.30. The van der Waals surface area contributed by atoms with Crippen LogP contribution >= 0.6 is 7.82 Å². The largest absolute Gasteiger partial charge is 0.524 e. The summed E-state index contributed by atoms with van der Waals surface area (Å²) in [6, 6.07) is 3.75. The number of hydrazine groups is 1. The van der Waals surface area contributed by atoms with E-state index in [0.717, 1.165) is 6.07 Å². The van der Waals surface area contributed by atoms with Gasteiger partial charge in [0.15, 0.2) is 17.0 Å². The summed E-state index contributed by atoms with van der Waals surface area (Å²) in [6.07, 6.45) is 1.25. The van der Waals surface area contributed by atoms with Crippen LogP contribution in [0.1, 0.15) is 5.56 Å². The Balaban J connectivity index is 3.08. The number of hydrogen-bond donors (Lipinski definition) is 5. The lowest BCUT2D eigenvalue weighted by Crippen LogP contribution is -2.56. The number of aromatic hydroxyl groups is 1. The number of phenolic OH excluding ortho intramolecular Hbond substituents is 1. The van der Waals surface area contributed by atoms with Gasteiger partial charge in [0.1, 0.15) is 0 Å². The van der Waals surface area contributed by atoms with Crippen LogP contribution in [0.3, 0.4) is 0 Å². The molecular weight excluding hydrogens is 315 g/mol. The lowest BCUT2D eigenvalue weighted by molar-refractivity contribution is -0.146. The fourth-order valence-corrected chi connectivity index (χ4v) is 2.19. The Labute approximate surface area is 126 Å². The number of phosphoric ester groups is 1. The van der Waals surface area contributed by atoms with Crippen molar-refractivity contribution in [2.24, 2.45) is 5.84 Å². The number of phenols is 1. The van der Waals surface area contributed by atoms with Crippen LogP contribution in [0.15, 0.2) is 30.9 Å². The molecule has 22 heavy (non-hydrogen) atoms. The minimum Gasteiger partial charge on any atom is -0.504 e. The first-order chi connectivity index (χ1) is 10.2. The minimum atomic E-state index is -4.79. The number of hydrogen-bond acceptors (Lipinski definition) is 7. The van der Waals surface area contributed by atoms with Gasteiger partial charge >= 0.3 is 13.8 Å². The van der Waals surface area contributed by atoms with Gasteiger partial charge in [0.2, 0.25) is 0 Å². The predicted molar refractivity (Wildman–Crippen MR) is 76.8 cm³/mol. The van der Waals surface area contributed by atoms with Crippen molar-refractivity contribution < 1.29 is 33.5 Å². The Hall–Kier alpha value is -1.90. The molecule has 0 saturated carbocycles. The molecule has 9 nitrogen and oxygen atoms in total. The molecule has 1 aromatic carbocycles. The molecule has 0 fully saturated rings. The lowest BCUT2D eigenvalue weighted by Gasteiger charge is -2.26. The molecule has 1 unspecified atom stereocenters. The average Bonchev–Trinajstić information content (AvgIpc) is 2.45. The summed E-state index contributed by atoms with van der Waals surface area (Å²) in [4.78, 5) is 29.2. The van der Waals surface area contributed by atoms with Crippen molar-refractivity contribution in [3.05, 3.63) is 36.4 Å². The Morgan fingerprint density at radius 1 is 1.55 bits per heavy atom. The van der Waals surface area contributed by atoms with E-state index in [4.69, 9.17) is 15.6 Å². The third-order valence-electron chi connectivity index (χ3n) is 2.88. The summed E-state index contributed by atoms with van der Waals surface area (Å²) in [5, 5.41) is 9.73. The van der Waals surface area contributed by atoms with E-state index in [2.05, 4.69) is 21.3 Å². The molecule has 1 aromatic rings. The summed E-state index contributed by atoms with van der Waals surface area (Å²) in [6.45, 7) is 3.52. The standard InChI is InChI=1S/C12H17N2O7P/c1-3-12(14-13,11(16)20-2)7-8-4-5-10(9(15)6-8)21-22(17,18)19/h3-6,14-15H,1,7,13H2,2H3,(H2,17,18,19). The number of benzene rings is 1. The maximum absolute atomic E-state index is 11.8. The molecular formula is C12H17N2O7P. The van der Waals surface area contributed by atoms with Gasteiger partial charge in [-0.1, -0.05) is 12.1 Å². The Morgan fingerprint density at radius 3 is 2.59 bits per heavy atom. The molecule has 1 rings (SSSR count). The number of nitrogens with two attached hydrogens (primary N) is 1. The van der Waals surface area contributed by atoms with Crippen molar-refractivity contribution in [1.82, 2.24) is 5.43 Å². The molecule has 0 aliphatic heterocycles. The number of carbonyl (C=O) groups is 1. The maximum atomic E-state index is 11.8. The molecule has 0 aromatic heterocycles. The topological polar surface area (TPSA) is 151 Å². The fourth-order valence-electron chi connectivity index (χ4n) is 1.78. The van der Waals surface area contributed by atoms with Gasteiger partial charge in [-0.3, -0.25) is 15.6 Å². The predicted octanol–water partition coefficient (Wildman–Crippen LogP) is -0.0327. The zero-order chi connectivity index (χ0) is 17.0. The highest BCUT2D eigenvalue weighted by atomic mass is 31.2. The average molecular weight is 332 g/mol. The van der Waals surface area contributed by atoms with Crippen LogP contribution in [0, 0.1) is 0 Å². The van der Waals surface area contributed by atoms with E-state index in [1.165, 1.54) is 25.3 Å². The lowest BCUT2D eigenvalue weighted by atomic mass is 9.91. The number of rotatable bonds is 7. The molecule has 122 valence electrons. The van der Waals surface area contributed by atoms with E-state index in [-0.39, 0.29) is 12.2 Å². The first-order valence-corrected chi connectivity index (χ1v) is 7.47. The SMILES string of the molecule is C=CC(Cc1ccc(OP(=O)(O)O)c(O)c1)(NN)C(=O)OC. The normalized spacial score (nSPS) is 14.0. The summed E-state index contributed by atoms with van der Waals surface area (Å²) in [5.74, 6) is 3.81. The molecule has 6 N–H and O–H groups in total. The van der Waals surface area contributed by atoms with Crippen molar-refractivity contribution in [3.8, 4) is 11.5 Å². The van der Waals surface area contributed by atoms with E-state index in [9.17, 15) is 14.5 Å². The van der Waals surface area contributed by atoms with Crippen molar-refractivity contribution in [2.75, 3.05) is 7.11 Å². The molecule has 0 heterocycles. The highest BCUT2D eigenvalue weighted by Crippen LogP contribution is 2.41. The van der Waals surface area contributed by atoms with Crippen LogP contribution in [0.4, 0.5) is 0 Å². The van der Waals surface area contributed by atoms with E-state index in [0.29, 0.717) is 5.56 Å². The van der Waals surface area contributed by atoms with E-state index >= 15 is 0 Å². The number of methoxy groups -OCH3 is 1. The van der Waals surface area contributed by atoms with Crippen molar-refractivity contribution in [1.29, 1.82) is 0 Å². The van der Waals surface area contributed by atoms with E-state index < -0.39 is 25.1 Å². The third-order valence-corrected chi connectivity index (χ3v) is 3.31. The molecule has 10 heteroatoms. The Bertz CT molecular complexity index is 615. The first-order valence-electron chi connectivity index (χ1n) is 5.94. The molecule has 1 atom stereocenters. The highest BCUT2D eigenvalue weighted by Gasteiger charge is 2.36. The van der Waals surface area contributed by atoms with Gasteiger partial charge < -0.3 is 14.4 Å². The van der Waals surface area contributed by atoms with Crippen LogP contribution < -0.4 is 15.8 Å². The van der Waals surface area contributed by atoms with Gasteiger partial charge in [-0.2, -0.15) is 0 Å². The molecule has 0 saturated heterocycles. The van der Waals surface area contributed by atoms with E-state index in [1.54, 1.807) is 0 Å². The van der Waals surface area contributed by atoms with Gasteiger partial charge in [0, 0.05) is 6.42 Å². The molecule has 0 amide bonds. The van der Waals surface area contributed by atoms with Crippen LogP contribution in [-0.4, -0.2) is 33.5 Å². The molecule has 0 spiro atoms. The second-order valence-corrected chi connectivity index (χ2v) is 5.54. The second-order valence-electron chi connectivity index (χ2n) is 4.37. The van der Waals surface area contributed by atoms with Crippen molar-refractivity contribution >= 4 is 13.8 Å². The zero-order valence-corrected chi connectivity index (χ0v) is 12.6. The number of phosphoric acid groups is 1. The zero-order valence-electron chi connectivity index (χ0n) is 11.7. The maximum Gasteiger partial charge on any atom is 0.524 e. The van der Waals surface area contributed by atoms with Gasteiger partial charge in [0.25, 0.3) is 0 Å². The van der Waals surface area contributed by atoms with Crippen molar-refractivity contribution in [3.63, 3.8) is 0 Å². The summed E-state index contributed by atoms with van der Waals surface area (Å²) >= 11 is 0. The monoisotopic (exact) mass is 332 g/mol. The molecule has 0 radical (unpaired) electrons. The fraction of sp³-hybridized carbons (Fsp3) is 0.250. The van der Waals surface area contributed by atoms with Gasteiger partial charge in [-0.05, 0) is 17.7 Å². The number of carbonyl (C=O) groups excluding carboxylic acids is 1.